The summed E-state index contributed by atoms with van der Waals surface area (Å²) in [4.78, 5) is 25.8. The first-order valence-electron chi connectivity index (χ1n) is 18.3. The molecule has 0 N–H and O–H groups in total. The number of rotatable bonds is 30. The number of carbonyl (C=O) groups excluding carboxylic acids is 2. The van der Waals surface area contributed by atoms with Crippen LogP contribution in [0.3, 0.4) is 0 Å². The molecule has 5 heteroatoms. The number of hydrogen-bond acceptors (Lipinski definition) is 4. The van der Waals surface area contributed by atoms with Crippen molar-refractivity contribution in [1.82, 2.24) is 0 Å². The zero-order valence-corrected chi connectivity index (χ0v) is 31.5. The van der Waals surface area contributed by atoms with Gasteiger partial charge in [0.2, 0.25) is 0 Å². The minimum Gasteiger partial charge on any atom is -0.0654 e. The van der Waals surface area contributed by atoms with Crippen LogP contribution in [0.2, 0.25) is 8.87 Å². The van der Waals surface area contributed by atoms with Crippen molar-refractivity contribution in [2.45, 2.75) is 213 Å². The second-order valence-corrected chi connectivity index (χ2v) is 27.4. The first-order chi connectivity index (χ1) is 19.9. The Labute approximate surface area is 261 Å². The van der Waals surface area contributed by atoms with Crippen molar-refractivity contribution in [2.24, 2.45) is 0 Å². The zero-order valence-electron chi connectivity index (χ0n) is 28.7. The van der Waals surface area contributed by atoms with Gasteiger partial charge < -0.3 is 0 Å². The summed E-state index contributed by atoms with van der Waals surface area (Å²) in [5.74, 6) is -0.0783. The summed E-state index contributed by atoms with van der Waals surface area (Å²) >= 11 is -3.17. The molecule has 0 aliphatic heterocycles. The van der Waals surface area contributed by atoms with Gasteiger partial charge in [-0.05, 0) is 0 Å². The summed E-state index contributed by atoms with van der Waals surface area (Å²) in [5, 5.41) is 0. The summed E-state index contributed by atoms with van der Waals surface area (Å²) < 4.78 is 14.6. The second kappa shape index (κ2) is 28.5. The Morgan fingerprint density at radius 3 is 1.00 bits per heavy atom. The maximum atomic E-state index is 12.9. The molecule has 0 amide bonds. The molecule has 4 nitrogen and oxygen atoms in total. The van der Waals surface area contributed by atoms with Crippen molar-refractivity contribution < 1.29 is 19.1 Å². The van der Waals surface area contributed by atoms with Gasteiger partial charge in [-0.2, -0.15) is 0 Å². The fourth-order valence-electron chi connectivity index (χ4n) is 6.19. The van der Waals surface area contributed by atoms with Crippen LogP contribution in [0.15, 0.2) is 0 Å². The van der Waals surface area contributed by atoms with E-state index in [1.54, 1.807) is 0 Å². The van der Waals surface area contributed by atoms with Crippen molar-refractivity contribution in [2.75, 3.05) is 0 Å². The molecule has 0 aliphatic carbocycles. The monoisotopic (exact) mass is 688 g/mol. The molecule has 0 saturated heterocycles. The molecule has 244 valence electrons. The normalized spacial score (nSPS) is 13.2. The number of carbonyl (C=O) groups is 2. The average molecular weight is 688 g/mol. The summed E-state index contributed by atoms with van der Waals surface area (Å²) in [6.45, 7) is 13.3. The van der Waals surface area contributed by atoms with Crippen LogP contribution in [-0.2, 0) is 19.1 Å². The van der Waals surface area contributed by atoms with E-state index in [0.29, 0.717) is 12.8 Å². The molecule has 0 spiro atoms. The summed E-state index contributed by atoms with van der Waals surface area (Å²) in [6, 6.07) is 0. The predicted molar refractivity (Wildman–Crippen MR) is 180 cm³/mol. The van der Waals surface area contributed by atoms with E-state index in [4.69, 9.17) is 9.47 Å². The molecule has 2 atom stereocenters. The van der Waals surface area contributed by atoms with Crippen LogP contribution in [0.25, 0.3) is 0 Å². The molecule has 0 saturated carbocycles. The zero-order chi connectivity index (χ0) is 30.6. The fraction of sp³-hybridized carbons (Fsp3) is 0.944. The van der Waals surface area contributed by atoms with Crippen LogP contribution in [0.1, 0.15) is 196 Å². The van der Waals surface area contributed by atoms with E-state index in [9.17, 15) is 9.59 Å². The van der Waals surface area contributed by atoms with Crippen LogP contribution < -0.4 is 0 Å². The third-order valence-electron chi connectivity index (χ3n) is 9.20. The molecule has 0 aliphatic rings. The third-order valence-corrected chi connectivity index (χ3v) is 26.4. The molecule has 0 aromatic heterocycles. The quantitative estimate of drug-likeness (QED) is 0.0428. The molecule has 0 fully saturated rings. The van der Waals surface area contributed by atoms with Crippen molar-refractivity contribution in [3.63, 3.8) is 0 Å². The SMILES string of the molecule is CCCCCCCCCCCC(=O)O[CH](C)[Sn]([CH2]CCC)([CH2]CCC)[CH](C)OC(=O)CCCCCCCCCCC. The number of hydrogen-bond donors (Lipinski definition) is 0. The van der Waals surface area contributed by atoms with Crippen LogP contribution in [0, 0.1) is 0 Å². The summed E-state index contributed by atoms with van der Waals surface area (Å²) in [6.07, 6.45) is 28.0. The standard InChI is InChI=1S/2C14H27O2.2C4H9.Sn/c2*1-3-5-6-7-8-9-10-11-12-13-14(15)16-4-2;2*1-3-4-2;/h2*4H,3,5-13H2,1-2H3;2*1,3-4H2,2H3;. The minimum absolute atomic E-state index is 0.0391. The molecule has 0 heterocycles. The van der Waals surface area contributed by atoms with E-state index in [2.05, 4.69) is 41.5 Å². The Morgan fingerprint density at radius 2 is 0.707 bits per heavy atom. The van der Waals surface area contributed by atoms with Gasteiger partial charge in [0.15, 0.2) is 0 Å². The Hall–Kier alpha value is -0.261. The Balaban J connectivity index is 4.77. The maximum absolute atomic E-state index is 12.9. The van der Waals surface area contributed by atoms with Gasteiger partial charge in [-0.15, -0.1) is 0 Å². The Kier molecular flexibility index (Phi) is 28.3. The van der Waals surface area contributed by atoms with Crippen molar-refractivity contribution in [1.29, 1.82) is 0 Å². The fourth-order valence-corrected chi connectivity index (χ4v) is 21.3. The second-order valence-electron chi connectivity index (χ2n) is 12.9. The van der Waals surface area contributed by atoms with E-state index < -0.39 is 18.4 Å². The first-order valence-corrected chi connectivity index (χ1v) is 25.6. The van der Waals surface area contributed by atoms with Crippen molar-refractivity contribution in [3.05, 3.63) is 0 Å². The molecular formula is C36H72O4Sn. The minimum atomic E-state index is -3.17. The Bertz CT molecular complexity index is 556. The predicted octanol–water partition coefficient (Wildman–Crippen LogP) is 11.8. The molecule has 2 unspecified atom stereocenters. The first kappa shape index (κ1) is 40.7. The van der Waals surface area contributed by atoms with E-state index in [0.717, 1.165) is 60.2 Å². The molecule has 0 aromatic rings. The van der Waals surface area contributed by atoms with Crippen molar-refractivity contribution in [3.8, 4) is 0 Å². The smallest absolute Gasteiger partial charge is 0.0654 e. The van der Waals surface area contributed by atoms with E-state index in [-0.39, 0.29) is 20.2 Å². The van der Waals surface area contributed by atoms with Crippen LogP contribution >= 0.6 is 0 Å². The van der Waals surface area contributed by atoms with Crippen LogP contribution in [-0.4, -0.2) is 38.6 Å². The van der Waals surface area contributed by atoms with E-state index >= 15 is 0 Å². The molecule has 0 bridgehead atoms. The molecule has 41 heavy (non-hydrogen) atoms. The molecule has 0 aromatic carbocycles. The summed E-state index contributed by atoms with van der Waals surface area (Å²) in [5.41, 5.74) is 0. The number of esters is 2. The van der Waals surface area contributed by atoms with Gasteiger partial charge in [0, 0.05) is 0 Å². The average Bonchev–Trinajstić information content (AvgIpc) is 2.95. The van der Waals surface area contributed by atoms with Gasteiger partial charge >= 0.3 is 235 Å². The van der Waals surface area contributed by atoms with Gasteiger partial charge in [-0.25, -0.2) is 0 Å². The molecule has 0 rings (SSSR count). The van der Waals surface area contributed by atoms with Gasteiger partial charge in [-0.1, -0.05) is 26.7 Å². The molecule has 0 radical (unpaired) electrons. The number of unbranched alkanes of at least 4 members (excludes halogenated alkanes) is 18. The Morgan fingerprint density at radius 1 is 0.439 bits per heavy atom. The van der Waals surface area contributed by atoms with Gasteiger partial charge in [0.1, 0.15) is 0 Å². The van der Waals surface area contributed by atoms with Crippen molar-refractivity contribution >= 4 is 30.3 Å². The topological polar surface area (TPSA) is 52.6 Å². The number of ether oxygens (including phenoxy) is 2. The molecular weight excluding hydrogens is 615 g/mol. The van der Waals surface area contributed by atoms with E-state index in [1.807, 2.05) is 0 Å². The van der Waals surface area contributed by atoms with Crippen LogP contribution in [0.4, 0.5) is 0 Å². The van der Waals surface area contributed by atoms with Gasteiger partial charge in [0.05, 0.1) is 0 Å². The van der Waals surface area contributed by atoms with Gasteiger partial charge in [-0.3, -0.25) is 0 Å². The third kappa shape index (κ3) is 21.1. The summed E-state index contributed by atoms with van der Waals surface area (Å²) in [7, 11) is 0. The van der Waals surface area contributed by atoms with Gasteiger partial charge in [0.25, 0.3) is 0 Å². The van der Waals surface area contributed by atoms with Crippen LogP contribution in [0.5, 0.6) is 0 Å². The van der Waals surface area contributed by atoms with E-state index in [1.165, 1.54) is 89.9 Å².